The highest BCUT2D eigenvalue weighted by Gasteiger charge is 2.27. The van der Waals surface area contributed by atoms with Gasteiger partial charge in [-0.3, -0.25) is 14.7 Å². The summed E-state index contributed by atoms with van der Waals surface area (Å²) in [4.78, 5) is 25.8. The van der Waals surface area contributed by atoms with Crippen LogP contribution in [0.15, 0.2) is 34.8 Å². The SMILES string of the molecule is CN(CC(=O)Nc1ccccc1Br)C(=O)c1cc(C2CC2)[nH]n1. The topological polar surface area (TPSA) is 78.1 Å². The number of carbonyl (C=O) groups is 2. The average molecular weight is 377 g/mol. The molecule has 3 rings (SSSR count). The number of carbonyl (C=O) groups excluding carboxylic acids is 2. The van der Waals surface area contributed by atoms with Crippen molar-refractivity contribution in [2.45, 2.75) is 18.8 Å². The van der Waals surface area contributed by atoms with E-state index >= 15 is 0 Å². The summed E-state index contributed by atoms with van der Waals surface area (Å²) in [6.45, 7) is -0.0359. The Morgan fingerprint density at radius 2 is 2.13 bits per heavy atom. The van der Waals surface area contributed by atoms with Gasteiger partial charge in [-0.25, -0.2) is 0 Å². The molecular formula is C16H17BrN4O2. The van der Waals surface area contributed by atoms with E-state index in [0.29, 0.717) is 17.3 Å². The van der Waals surface area contributed by atoms with Crippen LogP contribution in [0.2, 0.25) is 0 Å². The fourth-order valence-electron chi connectivity index (χ4n) is 2.28. The van der Waals surface area contributed by atoms with Gasteiger partial charge >= 0.3 is 0 Å². The van der Waals surface area contributed by atoms with Gasteiger partial charge in [-0.15, -0.1) is 0 Å². The second kappa shape index (κ2) is 6.54. The predicted octanol–water partition coefficient (Wildman–Crippen LogP) is 2.76. The number of aromatic nitrogens is 2. The van der Waals surface area contributed by atoms with Gasteiger partial charge < -0.3 is 10.2 Å². The highest BCUT2D eigenvalue weighted by Crippen LogP contribution is 2.39. The summed E-state index contributed by atoms with van der Waals surface area (Å²) < 4.78 is 0.795. The first-order chi connectivity index (χ1) is 11.0. The van der Waals surface area contributed by atoms with Crippen molar-refractivity contribution in [1.82, 2.24) is 15.1 Å². The molecule has 0 radical (unpaired) electrons. The van der Waals surface area contributed by atoms with E-state index in [-0.39, 0.29) is 18.4 Å². The number of rotatable bonds is 5. The maximum absolute atomic E-state index is 12.3. The van der Waals surface area contributed by atoms with Crippen molar-refractivity contribution < 1.29 is 9.59 Å². The van der Waals surface area contributed by atoms with Crippen molar-refractivity contribution in [3.63, 3.8) is 0 Å². The Morgan fingerprint density at radius 3 is 2.83 bits per heavy atom. The molecule has 23 heavy (non-hydrogen) atoms. The molecule has 1 aliphatic rings. The van der Waals surface area contributed by atoms with Crippen molar-refractivity contribution >= 4 is 33.4 Å². The molecule has 1 heterocycles. The van der Waals surface area contributed by atoms with Crippen LogP contribution in [0.1, 0.15) is 34.9 Å². The molecule has 7 heteroatoms. The molecule has 2 aromatic rings. The largest absolute Gasteiger partial charge is 0.331 e. The van der Waals surface area contributed by atoms with Crippen molar-refractivity contribution in [2.75, 3.05) is 18.9 Å². The third-order valence-corrected chi connectivity index (χ3v) is 4.40. The van der Waals surface area contributed by atoms with Gasteiger partial charge in [-0.2, -0.15) is 5.10 Å². The monoisotopic (exact) mass is 376 g/mol. The Morgan fingerprint density at radius 1 is 1.39 bits per heavy atom. The molecule has 0 unspecified atom stereocenters. The lowest BCUT2D eigenvalue weighted by Gasteiger charge is -2.15. The minimum Gasteiger partial charge on any atom is -0.331 e. The summed E-state index contributed by atoms with van der Waals surface area (Å²) in [5.41, 5.74) is 2.02. The molecule has 2 N–H and O–H groups in total. The Kier molecular flexibility index (Phi) is 4.47. The first-order valence-corrected chi connectivity index (χ1v) is 8.19. The minimum absolute atomic E-state index is 0.0359. The second-order valence-electron chi connectivity index (χ2n) is 5.67. The Bertz CT molecular complexity index is 739. The number of nitrogens with one attached hydrogen (secondary N) is 2. The Balaban J connectivity index is 1.59. The van der Waals surface area contributed by atoms with Gasteiger partial charge in [0.05, 0.1) is 12.2 Å². The standard InChI is InChI=1S/C16H17BrN4O2/c1-21(9-15(22)18-12-5-3-2-4-11(12)17)16(23)14-8-13(19-20-14)10-6-7-10/h2-5,8,10H,6-7,9H2,1H3,(H,18,22)(H,19,20). The van der Waals surface area contributed by atoms with Gasteiger partial charge in [-0.05, 0) is 47.0 Å². The van der Waals surface area contributed by atoms with Crippen molar-refractivity contribution in [3.8, 4) is 0 Å². The van der Waals surface area contributed by atoms with Gasteiger partial charge in [0.1, 0.15) is 5.69 Å². The number of hydrogen-bond acceptors (Lipinski definition) is 3. The van der Waals surface area contributed by atoms with E-state index in [4.69, 9.17) is 0 Å². The average Bonchev–Trinajstić information content (AvgIpc) is 3.26. The number of anilines is 1. The number of halogens is 1. The van der Waals surface area contributed by atoms with Gasteiger partial charge in [-0.1, -0.05) is 12.1 Å². The van der Waals surface area contributed by atoms with Crippen LogP contribution < -0.4 is 5.32 Å². The fourth-order valence-corrected chi connectivity index (χ4v) is 2.67. The zero-order chi connectivity index (χ0) is 16.4. The van der Waals surface area contributed by atoms with Crippen LogP contribution >= 0.6 is 15.9 Å². The van der Waals surface area contributed by atoms with E-state index in [0.717, 1.165) is 23.0 Å². The van der Waals surface area contributed by atoms with E-state index in [1.54, 1.807) is 19.2 Å². The summed E-state index contributed by atoms with van der Waals surface area (Å²) in [5, 5.41) is 9.72. The van der Waals surface area contributed by atoms with Gasteiger partial charge in [0, 0.05) is 23.1 Å². The van der Waals surface area contributed by atoms with Crippen LogP contribution in [-0.2, 0) is 4.79 Å². The van der Waals surface area contributed by atoms with E-state index in [1.807, 2.05) is 18.2 Å². The van der Waals surface area contributed by atoms with E-state index in [1.165, 1.54) is 4.90 Å². The van der Waals surface area contributed by atoms with E-state index in [9.17, 15) is 9.59 Å². The quantitative estimate of drug-likeness (QED) is 0.841. The number of H-pyrrole nitrogens is 1. The molecule has 1 fully saturated rings. The molecule has 1 aliphatic carbocycles. The number of hydrogen-bond donors (Lipinski definition) is 2. The molecular weight excluding hydrogens is 360 g/mol. The minimum atomic E-state index is -0.268. The number of para-hydroxylation sites is 1. The number of benzene rings is 1. The van der Waals surface area contributed by atoms with Crippen LogP contribution in [0.4, 0.5) is 5.69 Å². The maximum Gasteiger partial charge on any atom is 0.274 e. The predicted molar refractivity (Wildman–Crippen MR) is 90.3 cm³/mol. The lowest BCUT2D eigenvalue weighted by Crippen LogP contribution is -2.35. The molecule has 0 atom stereocenters. The fraction of sp³-hybridized carbons (Fsp3) is 0.312. The molecule has 1 aromatic heterocycles. The van der Waals surface area contributed by atoms with Crippen molar-refractivity contribution in [2.24, 2.45) is 0 Å². The highest BCUT2D eigenvalue weighted by molar-refractivity contribution is 9.10. The normalized spacial score (nSPS) is 13.7. The molecule has 0 aliphatic heterocycles. The molecule has 1 saturated carbocycles. The summed E-state index contributed by atoms with van der Waals surface area (Å²) in [5.74, 6) is -0.0192. The number of aromatic amines is 1. The molecule has 0 saturated heterocycles. The number of nitrogens with zero attached hydrogens (tertiary/aromatic N) is 2. The van der Waals surface area contributed by atoms with Crippen LogP contribution in [0.25, 0.3) is 0 Å². The summed E-state index contributed by atoms with van der Waals surface area (Å²) in [7, 11) is 1.59. The van der Waals surface area contributed by atoms with Gasteiger partial charge in [0.25, 0.3) is 5.91 Å². The molecule has 2 amide bonds. The van der Waals surface area contributed by atoms with Crippen LogP contribution in [0, 0.1) is 0 Å². The first-order valence-electron chi connectivity index (χ1n) is 7.39. The molecule has 0 bridgehead atoms. The van der Waals surface area contributed by atoms with Crippen molar-refractivity contribution in [3.05, 3.63) is 46.2 Å². The Labute approximate surface area is 142 Å². The summed E-state index contributed by atoms with van der Waals surface area (Å²) in [6, 6.07) is 9.11. The Hall–Kier alpha value is -2.15. The second-order valence-corrected chi connectivity index (χ2v) is 6.53. The van der Waals surface area contributed by atoms with Crippen LogP contribution in [-0.4, -0.2) is 40.5 Å². The molecule has 1 aromatic carbocycles. The zero-order valence-corrected chi connectivity index (χ0v) is 14.3. The molecule has 120 valence electrons. The van der Waals surface area contributed by atoms with Gasteiger partial charge in [0.15, 0.2) is 0 Å². The molecule has 6 nitrogen and oxygen atoms in total. The molecule has 0 spiro atoms. The third kappa shape index (κ3) is 3.79. The summed E-state index contributed by atoms with van der Waals surface area (Å²) >= 11 is 3.37. The van der Waals surface area contributed by atoms with Crippen LogP contribution in [0.5, 0.6) is 0 Å². The third-order valence-electron chi connectivity index (χ3n) is 3.71. The van der Waals surface area contributed by atoms with Crippen LogP contribution in [0.3, 0.4) is 0 Å². The van der Waals surface area contributed by atoms with E-state index in [2.05, 4.69) is 31.4 Å². The van der Waals surface area contributed by atoms with Crippen molar-refractivity contribution in [1.29, 1.82) is 0 Å². The number of amides is 2. The first kappa shape index (κ1) is 15.7. The zero-order valence-electron chi connectivity index (χ0n) is 12.7. The lowest BCUT2D eigenvalue weighted by molar-refractivity contribution is -0.116. The smallest absolute Gasteiger partial charge is 0.274 e. The lowest BCUT2D eigenvalue weighted by atomic mass is 10.2. The number of likely N-dealkylation sites (N-methyl/N-ethyl adjacent to an activating group) is 1. The maximum atomic E-state index is 12.3. The van der Waals surface area contributed by atoms with Gasteiger partial charge in [0.2, 0.25) is 5.91 Å². The van der Waals surface area contributed by atoms with E-state index < -0.39 is 0 Å². The summed E-state index contributed by atoms with van der Waals surface area (Å²) in [6.07, 6.45) is 2.28. The highest BCUT2D eigenvalue weighted by atomic mass is 79.9.